The summed E-state index contributed by atoms with van der Waals surface area (Å²) in [5, 5.41) is 10.3. The molecular weight excluding hydrogens is 448 g/mol. The second-order valence-electron chi connectivity index (χ2n) is 11.3. The van der Waals surface area contributed by atoms with Gasteiger partial charge in [-0.2, -0.15) is 5.26 Å². The molecule has 3 heterocycles. The van der Waals surface area contributed by atoms with Gasteiger partial charge in [-0.15, -0.1) is 0 Å². The molecule has 6 nitrogen and oxygen atoms in total. The third-order valence-corrected chi connectivity index (χ3v) is 7.96. The van der Waals surface area contributed by atoms with Gasteiger partial charge >= 0.3 is 0 Å². The molecule has 2 aromatic heterocycles. The highest BCUT2D eigenvalue weighted by molar-refractivity contribution is 5.98. The third-order valence-electron chi connectivity index (χ3n) is 7.96. The maximum atomic E-state index is 13.0. The minimum atomic E-state index is -0.0455. The number of nitriles is 1. The summed E-state index contributed by atoms with van der Waals surface area (Å²) in [6.07, 6.45) is 6.07. The Labute approximate surface area is 213 Å². The lowest BCUT2D eigenvalue weighted by Gasteiger charge is -2.37. The van der Waals surface area contributed by atoms with Gasteiger partial charge in [0.25, 0.3) is 0 Å². The Morgan fingerprint density at radius 3 is 2.56 bits per heavy atom. The fourth-order valence-corrected chi connectivity index (χ4v) is 5.16. The van der Waals surface area contributed by atoms with Gasteiger partial charge in [0.2, 0.25) is 5.91 Å². The predicted octanol–water partition coefficient (Wildman–Crippen LogP) is 5.57. The lowest BCUT2D eigenvalue weighted by Crippen LogP contribution is -2.43. The largest absolute Gasteiger partial charge is 0.342 e. The number of fused-ring (bicyclic) bond motifs is 1. The number of hydrogen-bond acceptors (Lipinski definition) is 4. The number of amides is 1. The molecule has 4 rings (SSSR count). The zero-order valence-corrected chi connectivity index (χ0v) is 22.3. The Morgan fingerprint density at radius 1 is 1.22 bits per heavy atom. The van der Waals surface area contributed by atoms with Crippen LogP contribution in [0.25, 0.3) is 11.0 Å². The van der Waals surface area contributed by atoms with Crippen LogP contribution in [0.2, 0.25) is 0 Å². The minimum Gasteiger partial charge on any atom is -0.342 e. The number of benzene rings is 1. The van der Waals surface area contributed by atoms with Crippen molar-refractivity contribution >= 4 is 22.7 Å². The van der Waals surface area contributed by atoms with Gasteiger partial charge in [0, 0.05) is 55.8 Å². The van der Waals surface area contributed by atoms with E-state index in [0.717, 1.165) is 48.1 Å². The van der Waals surface area contributed by atoms with Crippen molar-refractivity contribution in [2.24, 2.45) is 18.4 Å². The third kappa shape index (κ3) is 4.93. The van der Waals surface area contributed by atoms with Crippen molar-refractivity contribution in [1.82, 2.24) is 14.5 Å². The molecule has 0 bridgehead atoms. The van der Waals surface area contributed by atoms with Crippen LogP contribution in [0.5, 0.6) is 0 Å². The molecule has 1 amide bonds. The second-order valence-corrected chi connectivity index (χ2v) is 11.3. The molecule has 0 unspecified atom stereocenters. The number of nitrogens with zero attached hydrogens (tertiary/aromatic N) is 4. The average Bonchev–Trinajstić information content (AvgIpc) is 3.21. The zero-order chi connectivity index (χ0) is 26.2. The summed E-state index contributed by atoms with van der Waals surface area (Å²) in [4.78, 5) is 32.8. The molecule has 36 heavy (non-hydrogen) atoms. The number of ketones is 1. The van der Waals surface area contributed by atoms with Crippen molar-refractivity contribution in [2.75, 3.05) is 13.1 Å². The van der Waals surface area contributed by atoms with E-state index in [1.54, 1.807) is 24.3 Å². The number of aromatic nitrogens is 2. The quantitative estimate of drug-likeness (QED) is 0.444. The molecule has 1 atom stereocenters. The first-order valence-corrected chi connectivity index (χ1v) is 12.8. The molecule has 0 saturated carbocycles. The van der Waals surface area contributed by atoms with Crippen LogP contribution in [0.1, 0.15) is 79.1 Å². The molecular formula is C30H36N4O2. The van der Waals surface area contributed by atoms with Gasteiger partial charge in [0.05, 0.1) is 11.6 Å². The number of carbonyl (C=O) groups is 2. The number of piperidine rings is 1. The summed E-state index contributed by atoms with van der Waals surface area (Å²) in [7, 11) is 2.01. The first-order chi connectivity index (χ1) is 17.0. The van der Waals surface area contributed by atoms with E-state index in [-0.39, 0.29) is 29.4 Å². The Bertz CT molecular complexity index is 1350. The highest BCUT2D eigenvalue weighted by Gasteiger charge is 2.33. The van der Waals surface area contributed by atoms with E-state index in [2.05, 4.69) is 44.5 Å². The normalized spacial score (nSPS) is 15.6. The standard InChI is InChI=1S/C30H36N4O2/c1-19-24(15-26(35)23-9-7-8-21(14-23)16-31)17-32-28-27(19)25(18-33(28)6)22-10-12-34(13-11-22)29(36)20(2)30(3,4)5/h7-9,14,17-18,20,22H,10-13,15H2,1-6H3/t20-/m0/s1. The summed E-state index contributed by atoms with van der Waals surface area (Å²) >= 11 is 0. The van der Waals surface area contributed by atoms with Crippen molar-refractivity contribution in [3.05, 3.63) is 64.5 Å². The Hall–Kier alpha value is -3.46. The second kappa shape index (κ2) is 9.89. The first kappa shape index (κ1) is 25.6. The van der Waals surface area contributed by atoms with Gasteiger partial charge in [-0.05, 0) is 59.9 Å². The van der Waals surface area contributed by atoms with Gasteiger partial charge < -0.3 is 9.47 Å². The van der Waals surface area contributed by atoms with Gasteiger partial charge in [0.15, 0.2) is 5.78 Å². The van der Waals surface area contributed by atoms with Crippen LogP contribution in [0.3, 0.4) is 0 Å². The lowest BCUT2D eigenvalue weighted by atomic mass is 9.80. The van der Waals surface area contributed by atoms with Crippen molar-refractivity contribution in [2.45, 2.75) is 59.8 Å². The topological polar surface area (TPSA) is 79.0 Å². The van der Waals surface area contributed by atoms with Gasteiger partial charge in [-0.1, -0.05) is 39.8 Å². The molecule has 6 heteroatoms. The van der Waals surface area contributed by atoms with Crippen molar-refractivity contribution in [3.63, 3.8) is 0 Å². The van der Waals surface area contributed by atoms with Crippen LogP contribution in [0.4, 0.5) is 0 Å². The number of Topliss-reactive ketones (excluding diaryl/α,β-unsaturated/α-hetero) is 1. The van der Waals surface area contributed by atoms with E-state index >= 15 is 0 Å². The Balaban J connectivity index is 1.57. The van der Waals surface area contributed by atoms with Crippen LogP contribution in [-0.2, 0) is 18.3 Å². The van der Waals surface area contributed by atoms with Crippen LogP contribution >= 0.6 is 0 Å². The maximum Gasteiger partial charge on any atom is 0.225 e. The predicted molar refractivity (Wildman–Crippen MR) is 142 cm³/mol. The molecule has 0 radical (unpaired) electrons. The van der Waals surface area contributed by atoms with E-state index in [1.165, 1.54) is 5.56 Å². The number of aryl methyl sites for hydroxylation is 2. The number of likely N-dealkylation sites (tertiary alicyclic amines) is 1. The van der Waals surface area contributed by atoms with Crippen molar-refractivity contribution < 1.29 is 9.59 Å². The lowest BCUT2D eigenvalue weighted by molar-refractivity contribution is -0.139. The van der Waals surface area contributed by atoms with Crippen LogP contribution in [-0.4, -0.2) is 39.2 Å². The fourth-order valence-electron chi connectivity index (χ4n) is 5.16. The van der Waals surface area contributed by atoms with Crippen LogP contribution in [0, 0.1) is 29.6 Å². The number of rotatable bonds is 5. The Kier molecular flexibility index (Phi) is 7.04. The maximum absolute atomic E-state index is 13.0. The van der Waals surface area contributed by atoms with Crippen molar-refractivity contribution in [3.8, 4) is 6.07 Å². The van der Waals surface area contributed by atoms with E-state index in [1.807, 2.05) is 25.1 Å². The van der Waals surface area contributed by atoms with E-state index < -0.39 is 0 Å². The molecule has 1 saturated heterocycles. The van der Waals surface area contributed by atoms with Gasteiger partial charge in [0.1, 0.15) is 5.65 Å². The van der Waals surface area contributed by atoms with Crippen LogP contribution < -0.4 is 0 Å². The van der Waals surface area contributed by atoms with E-state index in [0.29, 0.717) is 17.0 Å². The minimum absolute atomic E-state index is 0.00741. The van der Waals surface area contributed by atoms with Crippen LogP contribution in [0.15, 0.2) is 36.7 Å². The summed E-state index contributed by atoms with van der Waals surface area (Å²) in [5.41, 5.74) is 5.16. The van der Waals surface area contributed by atoms with Gasteiger partial charge in [-0.3, -0.25) is 9.59 Å². The molecule has 0 aliphatic carbocycles. The summed E-state index contributed by atoms with van der Waals surface area (Å²) in [5.74, 6) is 0.569. The summed E-state index contributed by atoms with van der Waals surface area (Å²) in [6.45, 7) is 12.0. The molecule has 1 fully saturated rings. The summed E-state index contributed by atoms with van der Waals surface area (Å²) < 4.78 is 2.07. The number of carbonyl (C=O) groups excluding carboxylic acids is 2. The molecule has 1 aromatic carbocycles. The molecule has 188 valence electrons. The fraction of sp³-hybridized carbons (Fsp3) is 0.467. The monoisotopic (exact) mass is 484 g/mol. The zero-order valence-electron chi connectivity index (χ0n) is 22.3. The average molecular weight is 485 g/mol. The highest BCUT2D eigenvalue weighted by atomic mass is 16.2. The van der Waals surface area contributed by atoms with Crippen molar-refractivity contribution in [1.29, 1.82) is 5.26 Å². The molecule has 3 aromatic rings. The molecule has 1 aliphatic heterocycles. The molecule has 0 spiro atoms. The van der Waals surface area contributed by atoms with Gasteiger partial charge in [-0.25, -0.2) is 4.98 Å². The molecule has 1 aliphatic rings. The number of pyridine rings is 1. The number of hydrogen-bond donors (Lipinski definition) is 0. The SMILES string of the molecule is Cc1c(CC(=O)c2cccc(C#N)c2)cnc2c1c(C1CCN(C(=O)[C@H](C)C(C)(C)C)CC1)cn2C. The Morgan fingerprint density at radius 2 is 1.92 bits per heavy atom. The van der Waals surface area contributed by atoms with E-state index in [4.69, 9.17) is 10.2 Å². The van der Waals surface area contributed by atoms with E-state index in [9.17, 15) is 9.59 Å². The first-order valence-electron chi connectivity index (χ1n) is 12.8. The summed E-state index contributed by atoms with van der Waals surface area (Å²) in [6, 6.07) is 8.95. The smallest absolute Gasteiger partial charge is 0.225 e. The highest BCUT2D eigenvalue weighted by Crippen LogP contribution is 2.37. The molecule has 0 N–H and O–H groups in total.